The van der Waals surface area contributed by atoms with Gasteiger partial charge < -0.3 is 10.2 Å². The lowest BCUT2D eigenvalue weighted by Crippen LogP contribution is -2.37. The Morgan fingerprint density at radius 1 is 1.14 bits per heavy atom. The van der Waals surface area contributed by atoms with Crippen molar-refractivity contribution in [1.29, 1.82) is 0 Å². The molecular weight excluding hydrogens is 208 g/mol. The molecule has 0 atom stereocenters. The third kappa shape index (κ3) is 8.39. The molecule has 0 radical (unpaired) electrons. The van der Waals surface area contributed by atoms with E-state index in [0.29, 0.717) is 26.2 Å². The summed E-state index contributed by atoms with van der Waals surface area (Å²) in [7, 11) is -3.15. The summed E-state index contributed by atoms with van der Waals surface area (Å²) in [6.45, 7) is 1.64. The van der Waals surface area contributed by atoms with Crippen LogP contribution in [0, 0.1) is 0 Å². The fourth-order valence-corrected chi connectivity index (χ4v) is 1.47. The highest BCUT2D eigenvalue weighted by Crippen LogP contribution is 1.86. The fourth-order valence-electron chi connectivity index (χ4n) is 1.01. The number of hydrogen-bond donors (Lipinski definition) is 3. The van der Waals surface area contributed by atoms with Crippen LogP contribution in [0.2, 0.25) is 0 Å². The SMILES string of the molecule is CS(=O)(=O)NCCN(CCO)CCO. The topological polar surface area (TPSA) is 89.9 Å². The Hall–Kier alpha value is -0.210. The van der Waals surface area contributed by atoms with Crippen molar-refractivity contribution in [2.75, 3.05) is 45.6 Å². The molecule has 3 N–H and O–H groups in total. The van der Waals surface area contributed by atoms with Crippen LogP contribution < -0.4 is 4.72 Å². The van der Waals surface area contributed by atoms with Gasteiger partial charge in [0, 0.05) is 26.2 Å². The average molecular weight is 226 g/mol. The molecule has 0 bridgehead atoms. The molecule has 0 aliphatic carbocycles. The van der Waals surface area contributed by atoms with Crippen LogP contribution in [0.3, 0.4) is 0 Å². The zero-order chi connectivity index (χ0) is 11.0. The maximum Gasteiger partial charge on any atom is 0.208 e. The third-order valence-electron chi connectivity index (χ3n) is 1.62. The van der Waals surface area contributed by atoms with E-state index in [9.17, 15) is 8.42 Å². The number of sulfonamides is 1. The zero-order valence-corrected chi connectivity index (χ0v) is 9.13. The summed E-state index contributed by atoms with van der Waals surface area (Å²) in [5, 5.41) is 17.3. The molecule has 6 nitrogen and oxygen atoms in total. The van der Waals surface area contributed by atoms with Crippen molar-refractivity contribution in [2.24, 2.45) is 0 Å². The molecule has 0 rings (SSSR count). The summed E-state index contributed by atoms with van der Waals surface area (Å²) in [6.07, 6.45) is 1.09. The Kier molecular flexibility index (Phi) is 7.02. The number of nitrogens with one attached hydrogen (secondary N) is 1. The Morgan fingerprint density at radius 2 is 1.64 bits per heavy atom. The van der Waals surface area contributed by atoms with Gasteiger partial charge in [0.25, 0.3) is 0 Å². The van der Waals surface area contributed by atoms with Crippen LogP contribution in [0.5, 0.6) is 0 Å². The first-order valence-electron chi connectivity index (χ1n) is 4.38. The van der Waals surface area contributed by atoms with Crippen LogP contribution in [0.4, 0.5) is 0 Å². The minimum atomic E-state index is -3.15. The second-order valence-corrected chi connectivity index (χ2v) is 4.79. The second kappa shape index (κ2) is 7.13. The Bertz CT molecular complexity index is 224. The van der Waals surface area contributed by atoms with Gasteiger partial charge in [-0.05, 0) is 0 Å². The molecule has 0 saturated carbocycles. The molecule has 0 saturated heterocycles. The zero-order valence-electron chi connectivity index (χ0n) is 8.31. The fraction of sp³-hybridized carbons (Fsp3) is 1.00. The van der Waals surface area contributed by atoms with Crippen molar-refractivity contribution >= 4 is 10.0 Å². The van der Waals surface area contributed by atoms with Crippen molar-refractivity contribution in [2.45, 2.75) is 0 Å². The summed E-state index contributed by atoms with van der Waals surface area (Å²) < 4.78 is 23.7. The summed E-state index contributed by atoms with van der Waals surface area (Å²) in [5.41, 5.74) is 0. The largest absolute Gasteiger partial charge is 0.395 e. The lowest BCUT2D eigenvalue weighted by atomic mass is 10.4. The van der Waals surface area contributed by atoms with Gasteiger partial charge in [-0.2, -0.15) is 0 Å². The highest BCUT2D eigenvalue weighted by Gasteiger charge is 2.05. The van der Waals surface area contributed by atoms with Crippen LogP contribution >= 0.6 is 0 Å². The van der Waals surface area contributed by atoms with Gasteiger partial charge in [0.2, 0.25) is 10.0 Å². The van der Waals surface area contributed by atoms with E-state index in [4.69, 9.17) is 10.2 Å². The normalized spacial score (nSPS) is 12.3. The van der Waals surface area contributed by atoms with Crippen molar-refractivity contribution in [3.8, 4) is 0 Å². The first kappa shape index (κ1) is 13.8. The highest BCUT2D eigenvalue weighted by molar-refractivity contribution is 7.88. The molecular formula is C7H18N2O4S. The van der Waals surface area contributed by atoms with Crippen molar-refractivity contribution in [3.63, 3.8) is 0 Å². The maximum atomic E-state index is 10.7. The minimum absolute atomic E-state index is 0.00112. The van der Waals surface area contributed by atoms with E-state index in [1.54, 1.807) is 4.90 Å². The molecule has 0 unspecified atom stereocenters. The second-order valence-electron chi connectivity index (χ2n) is 2.96. The van der Waals surface area contributed by atoms with Gasteiger partial charge in [-0.15, -0.1) is 0 Å². The van der Waals surface area contributed by atoms with E-state index >= 15 is 0 Å². The quantitative estimate of drug-likeness (QED) is 0.438. The molecule has 0 heterocycles. The maximum absolute atomic E-state index is 10.7. The summed E-state index contributed by atoms with van der Waals surface area (Å²) in [5.74, 6) is 0. The van der Waals surface area contributed by atoms with Gasteiger partial charge in [0.05, 0.1) is 19.5 Å². The van der Waals surface area contributed by atoms with Crippen LogP contribution in [-0.4, -0.2) is 69.2 Å². The van der Waals surface area contributed by atoms with Crippen molar-refractivity contribution in [1.82, 2.24) is 9.62 Å². The minimum Gasteiger partial charge on any atom is -0.395 e. The molecule has 86 valence electrons. The molecule has 0 amide bonds. The predicted molar refractivity (Wildman–Crippen MR) is 53.5 cm³/mol. The van der Waals surface area contributed by atoms with Gasteiger partial charge in [0.1, 0.15) is 0 Å². The standard InChI is InChI=1S/C7H18N2O4S/c1-14(12,13)8-2-3-9(4-6-10)5-7-11/h8,10-11H,2-7H2,1H3. The highest BCUT2D eigenvalue weighted by atomic mass is 32.2. The summed E-state index contributed by atoms with van der Waals surface area (Å²) in [4.78, 5) is 1.78. The predicted octanol–water partition coefficient (Wildman–Crippen LogP) is -2.18. The van der Waals surface area contributed by atoms with Gasteiger partial charge in [-0.25, -0.2) is 13.1 Å². The monoisotopic (exact) mass is 226 g/mol. The first-order chi connectivity index (χ1) is 6.49. The third-order valence-corrected chi connectivity index (χ3v) is 2.35. The van der Waals surface area contributed by atoms with Gasteiger partial charge >= 0.3 is 0 Å². The van der Waals surface area contributed by atoms with Gasteiger partial charge in [-0.3, -0.25) is 4.90 Å². The van der Waals surface area contributed by atoms with E-state index in [1.165, 1.54) is 0 Å². The van der Waals surface area contributed by atoms with Crippen LogP contribution in [0.25, 0.3) is 0 Å². The van der Waals surface area contributed by atoms with Gasteiger partial charge in [-0.1, -0.05) is 0 Å². The van der Waals surface area contributed by atoms with Crippen molar-refractivity contribution < 1.29 is 18.6 Å². The molecule has 0 fully saturated rings. The Morgan fingerprint density at radius 3 is 2.00 bits per heavy atom. The van der Waals surface area contributed by atoms with Crippen LogP contribution in [-0.2, 0) is 10.0 Å². The summed E-state index contributed by atoms with van der Waals surface area (Å²) in [6, 6.07) is 0. The molecule has 14 heavy (non-hydrogen) atoms. The average Bonchev–Trinajstić information content (AvgIpc) is 2.02. The van der Waals surface area contributed by atoms with Crippen molar-refractivity contribution in [3.05, 3.63) is 0 Å². The number of rotatable bonds is 8. The number of hydrogen-bond acceptors (Lipinski definition) is 5. The molecule has 0 aromatic rings. The van der Waals surface area contributed by atoms with E-state index in [-0.39, 0.29) is 13.2 Å². The molecule has 0 aromatic carbocycles. The van der Waals surface area contributed by atoms with Gasteiger partial charge in [0.15, 0.2) is 0 Å². The number of nitrogens with zero attached hydrogens (tertiary/aromatic N) is 1. The van der Waals surface area contributed by atoms with E-state index in [1.807, 2.05) is 0 Å². The summed E-state index contributed by atoms with van der Waals surface area (Å²) >= 11 is 0. The lowest BCUT2D eigenvalue weighted by Gasteiger charge is -2.19. The van der Waals surface area contributed by atoms with E-state index < -0.39 is 10.0 Å². The molecule has 7 heteroatoms. The molecule has 0 spiro atoms. The smallest absolute Gasteiger partial charge is 0.208 e. The van der Waals surface area contributed by atoms with E-state index in [0.717, 1.165) is 6.26 Å². The van der Waals surface area contributed by atoms with E-state index in [2.05, 4.69) is 4.72 Å². The Balaban J connectivity index is 3.70. The first-order valence-corrected chi connectivity index (χ1v) is 6.27. The molecule has 0 aliphatic heterocycles. The van der Waals surface area contributed by atoms with Crippen LogP contribution in [0.15, 0.2) is 0 Å². The lowest BCUT2D eigenvalue weighted by molar-refractivity contribution is 0.163. The van der Waals surface area contributed by atoms with Crippen LogP contribution in [0.1, 0.15) is 0 Å². The number of aliphatic hydroxyl groups is 2. The Labute approximate surface area is 84.6 Å². The molecule has 0 aromatic heterocycles. The molecule has 0 aliphatic rings. The number of aliphatic hydroxyl groups excluding tert-OH is 2.